The maximum atomic E-state index is 6.17. The van der Waals surface area contributed by atoms with Gasteiger partial charge in [-0.3, -0.25) is 4.90 Å². The van der Waals surface area contributed by atoms with E-state index in [0.717, 1.165) is 19.7 Å². The summed E-state index contributed by atoms with van der Waals surface area (Å²) >= 11 is 0. The number of rotatable bonds is 5. The Kier molecular flexibility index (Phi) is 5.27. The zero-order valence-electron chi connectivity index (χ0n) is 13.2. The van der Waals surface area contributed by atoms with Gasteiger partial charge in [0.1, 0.15) is 0 Å². The van der Waals surface area contributed by atoms with E-state index in [1.165, 1.54) is 32.2 Å². The van der Waals surface area contributed by atoms with Gasteiger partial charge in [-0.2, -0.15) is 0 Å². The molecule has 2 aliphatic heterocycles. The summed E-state index contributed by atoms with van der Waals surface area (Å²) in [6, 6.07) is 1.23. The molecule has 0 aliphatic carbocycles. The second-order valence-corrected chi connectivity index (χ2v) is 7.43. The third-order valence-electron chi connectivity index (χ3n) is 4.54. The van der Waals surface area contributed by atoms with Gasteiger partial charge in [0, 0.05) is 18.6 Å². The van der Waals surface area contributed by atoms with Crippen LogP contribution in [0.2, 0.25) is 0 Å². The number of hydrogen-bond acceptors (Lipinski definition) is 3. The normalized spacial score (nSPS) is 30.3. The minimum Gasteiger partial charge on any atom is -0.374 e. The lowest BCUT2D eigenvalue weighted by Gasteiger charge is -2.39. The van der Waals surface area contributed by atoms with E-state index in [2.05, 4.69) is 37.9 Å². The van der Waals surface area contributed by atoms with Gasteiger partial charge in [-0.15, -0.1) is 0 Å². The summed E-state index contributed by atoms with van der Waals surface area (Å²) in [5.41, 5.74) is 0.415. The molecule has 2 rings (SSSR count). The van der Waals surface area contributed by atoms with Crippen molar-refractivity contribution in [3.8, 4) is 0 Å². The largest absolute Gasteiger partial charge is 0.374 e. The summed E-state index contributed by atoms with van der Waals surface area (Å²) in [6.45, 7) is 13.6. The molecule has 2 aliphatic rings. The monoisotopic (exact) mass is 268 g/mol. The molecule has 0 aromatic carbocycles. The van der Waals surface area contributed by atoms with Crippen molar-refractivity contribution in [1.82, 2.24) is 10.2 Å². The minimum absolute atomic E-state index is 0.386. The van der Waals surface area contributed by atoms with Crippen LogP contribution in [0.25, 0.3) is 0 Å². The highest BCUT2D eigenvalue weighted by Crippen LogP contribution is 2.27. The standard InChI is InChI=1S/C16H32N2O/c1-5-17-14(8-9-16(2,3)4)15-11-18-10-6-7-13(18)12-19-15/h13-15,17H,5-12H2,1-4H3. The third kappa shape index (κ3) is 4.44. The first-order valence-electron chi connectivity index (χ1n) is 8.08. The molecule has 2 heterocycles. The number of fused-ring (bicyclic) bond motifs is 1. The highest BCUT2D eigenvalue weighted by atomic mass is 16.5. The van der Waals surface area contributed by atoms with Crippen molar-refractivity contribution in [3.05, 3.63) is 0 Å². The summed E-state index contributed by atoms with van der Waals surface area (Å²) < 4.78 is 6.17. The molecule has 1 N–H and O–H groups in total. The molecule has 112 valence electrons. The molecule has 3 atom stereocenters. The van der Waals surface area contributed by atoms with Crippen LogP contribution in [0.15, 0.2) is 0 Å². The molecular weight excluding hydrogens is 236 g/mol. The van der Waals surface area contributed by atoms with Crippen molar-refractivity contribution in [2.75, 3.05) is 26.2 Å². The van der Waals surface area contributed by atoms with Crippen molar-refractivity contribution in [2.45, 2.75) is 71.6 Å². The molecule has 0 amide bonds. The molecule has 3 heteroatoms. The Balaban J connectivity index is 1.87. The molecule has 0 aromatic rings. The van der Waals surface area contributed by atoms with Crippen LogP contribution in [-0.4, -0.2) is 49.3 Å². The van der Waals surface area contributed by atoms with Gasteiger partial charge >= 0.3 is 0 Å². The Hall–Kier alpha value is -0.120. The van der Waals surface area contributed by atoms with E-state index in [1.54, 1.807) is 0 Å². The van der Waals surface area contributed by atoms with Crippen LogP contribution in [0.1, 0.15) is 53.4 Å². The summed E-state index contributed by atoms with van der Waals surface area (Å²) in [5, 5.41) is 3.65. The van der Waals surface area contributed by atoms with E-state index in [1.807, 2.05) is 0 Å². The predicted molar refractivity (Wildman–Crippen MR) is 80.5 cm³/mol. The zero-order chi connectivity index (χ0) is 13.9. The molecule has 19 heavy (non-hydrogen) atoms. The molecule has 0 bridgehead atoms. The van der Waals surface area contributed by atoms with Crippen LogP contribution in [0.5, 0.6) is 0 Å². The second-order valence-electron chi connectivity index (χ2n) is 7.43. The van der Waals surface area contributed by atoms with E-state index < -0.39 is 0 Å². The van der Waals surface area contributed by atoms with Crippen LogP contribution in [0.3, 0.4) is 0 Å². The molecule has 2 fully saturated rings. The van der Waals surface area contributed by atoms with Gasteiger partial charge < -0.3 is 10.1 Å². The van der Waals surface area contributed by atoms with E-state index in [0.29, 0.717) is 23.6 Å². The van der Waals surface area contributed by atoms with E-state index in [4.69, 9.17) is 4.74 Å². The summed E-state index contributed by atoms with van der Waals surface area (Å²) in [5.74, 6) is 0. The fourth-order valence-corrected chi connectivity index (χ4v) is 3.36. The van der Waals surface area contributed by atoms with Crippen LogP contribution in [0, 0.1) is 5.41 Å². The average Bonchev–Trinajstić information content (AvgIpc) is 2.80. The van der Waals surface area contributed by atoms with Crippen molar-refractivity contribution < 1.29 is 4.74 Å². The molecule has 3 nitrogen and oxygen atoms in total. The molecule has 0 saturated carbocycles. The fourth-order valence-electron chi connectivity index (χ4n) is 3.36. The van der Waals surface area contributed by atoms with Gasteiger partial charge in [-0.25, -0.2) is 0 Å². The predicted octanol–water partition coefficient (Wildman–Crippen LogP) is 2.65. The summed E-state index contributed by atoms with van der Waals surface area (Å²) in [6.07, 6.45) is 5.56. The lowest BCUT2D eigenvalue weighted by atomic mass is 9.87. The SMILES string of the molecule is CCNC(CCC(C)(C)C)C1CN2CCCC2CO1. The minimum atomic E-state index is 0.386. The zero-order valence-corrected chi connectivity index (χ0v) is 13.2. The maximum Gasteiger partial charge on any atom is 0.0855 e. The first-order valence-corrected chi connectivity index (χ1v) is 8.08. The van der Waals surface area contributed by atoms with E-state index >= 15 is 0 Å². The number of nitrogens with one attached hydrogen (secondary N) is 1. The molecule has 0 radical (unpaired) electrons. The van der Waals surface area contributed by atoms with Crippen molar-refractivity contribution in [3.63, 3.8) is 0 Å². The van der Waals surface area contributed by atoms with Gasteiger partial charge in [0.2, 0.25) is 0 Å². The molecule has 2 saturated heterocycles. The number of nitrogens with zero attached hydrogens (tertiary/aromatic N) is 1. The van der Waals surface area contributed by atoms with Crippen LogP contribution < -0.4 is 5.32 Å². The summed E-state index contributed by atoms with van der Waals surface area (Å²) in [4.78, 5) is 2.65. The first-order chi connectivity index (χ1) is 8.99. The van der Waals surface area contributed by atoms with E-state index in [9.17, 15) is 0 Å². The maximum absolute atomic E-state index is 6.17. The first kappa shape index (κ1) is 15.3. The van der Waals surface area contributed by atoms with Crippen LogP contribution in [-0.2, 0) is 4.74 Å². The Bertz CT molecular complexity index is 274. The van der Waals surface area contributed by atoms with E-state index in [-0.39, 0.29) is 0 Å². The van der Waals surface area contributed by atoms with Crippen molar-refractivity contribution in [1.29, 1.82) is 0 Å². The number of morpholine rings is 1. The Labute approximate surface area is 119 Å². The van der Waals surface area contributed by atoms with Crippen LogP contribution in [0.4, 0.5) is 0 Å². The van der Waals surface area contributed by atoms with Crippen LogP contribution >= 0.6 is 0 Å². The molecule has 0 aromatic heterocycles. The van der Waals surface area contributed by atoms with Gasteiger partial charge in [-0.1, -0.05) is 27.7 Å². The number of hydrogen-bond donors (Lipinski definition) is 1. The topological polar surface area (TPSA) is 24.5 Å². The third-order valence-corrected chi connectivity index (χ3v) is 4.54. The molecular formula is C16H32N2O. The lowest BCUT2D eigenvalue weighted by Crippen LogP contribution is -2.54. The highest BCUT2D eigenvalue weighted by molar-refractivity contribution is 4.90. The van der Waals surface area contributed by atoms with Crippen molar-refractivity contribution in [2.24, 2.45) is 5.41 Å². The molecule has 0 spiro atoms. The number of ether oxygens (including phenoxy) is 1. The smallest absolute Gasteiger partial charge is 0.0855 e. The fraction of sp³-hybridized carbons (Fsp3) is 1.00. The molecule has 3 unspecified atom stereocenters. The Morgan fingerprint density at radius 1 is 1.37 bits per heavy atom. The van der Waals surface area contributed by atoms with Gasteiger partial charge in [0.15, 0.2) is 0 Å². The summed E-state index contributed by atoms with van der Waals surface area (Å²) in [7, 11) is 0. The quantitative estimate of drug-likeness (QED) is 0.829. The van der Waals surface area contributed by atoms with Gasteiger partial charge in [-0.05, 0) is 44.2 Å². The average molecular weight is 268 g/mol. The second kappa shape index (κ2) is 6.55. The Morgan fingerprint density at radius 3 is 2.84 bits per heavy atom. The van der Waals surface area contributed by atoms with Crippen molar-refractivity contribution >= 4 is 0 Å². The van der Waals surface area contributed by atoms with Gasteiger partial charge in [0.25, 0.3) is 0 Å². The highest BCUT2D eigenvalue weighted by Gasteiger charge is 2.35. The number of likely N-dealkylation sites (N-methyl/N-ethyl adjacent to an activating group) is 1. The Morgan fingerprint density at radius 2 is 2.16 bits per heavy atom. The lowest BCUT2D eigenvalue weighted by molar-refractivity contribution is -0.0665. The van der Waals surface area contributed by atoms with Gasteiger partial charge in [0.05, 0.1) is 12.7 Å².